The van der Waals surface area contributed by atoms with Crippen molar-refractivity contribution in [3.05, 3.63) is 30.1 Å². The van der Waals surface area contributed by atoms with Gasteiger partial charge in [-0.2, -0.15) is 4.57 Å². The van der Waals surface area contributed by atoms with Crippen LogP contribution in [-0.4, -0.2) is 27.4 Å². The van der Waals surface area contributed by atoms with Crippen molar-refractivity contribution in [2.24, 2.45) is 0 Å². The van der Waals surface area contributed by atoms with Gasteiger partial charge in [-0.15, -0.1) is 0 Å². The highest BCUT2D eigenvalue weighted by Gasteiger charge is 2.64. The van der Waals surface area contributed by atoms with Crippen LogP contribution in [0.25, 0.3) is 0 Å². The second-order valence-electron chi connectivity index (χ2n) is 5.10. The minimum Gasteiger partial charge on any atom is -0.438 e. The monoisotopic (exact) mass is 235 g/mol. The Morgan fingerprint density at radius 3 is 3.00 bits per heavy atom. The van der Waals surface area contributed by atoms with Gasteiger partial charge in [-0.1, -0.05) is 6.07 Å². The molecule has 1 aromatic heterocycles. The molecule has 0 aliphatic carbocycles. The minimum atomic E-state index is -1.27. The van der Waals surface area contributed by atoms with Crippen molar-refractivity contribution in [3.8, 4) is 0 Å². The molecule has 5 nitrogen and oxygen atoms in total. The molecule has 5 heteroatoms. The van der Waals surface area contributed by atoms with Gasteiger partial charge in [-0.25, -0.2) is 4.79 Å². The van der Waals surface area contributed by atoms with E-state index in [0.717, 1.165) is 5.69 Å². The fraction of sp³-hybridized carbons (Fsp3) is 0.500. The number of nitrogens with zero attached hydrogens (tertiary/aromatic N) is 2. The van der Waals surface area contributed by atoms with E-state index in [9.17, 15) is 9.90 Å². The van der Waals surface area contributed by atoms with E-state index >= 15 is 0 Å². The molecule has 0 bridgehead atoms. The number of hydrogen-bond donors (Lipinski definition) is 1. The first-order valence-corrected chi connectivity index (χ1v) is 5.64. The van der Waals surface area contributed by atoms with Gasteiger partial charge < -0.3 is 9.84 Å². The largest absolute Gasteiger partial charge is 0.438 e. The van der Waals surface area contributed by atoms with Crippen LogP contribution in [0.4, 0.5) is 4.79 Å². The highest BCUT2D eigenvalue weighted by Crippen LogP contribution is 2.39. The van der Waals surface area contributed by atoms with E-state index in [-0.39, 0.29) is 0 Å². The molecule has 3 rings (SSSR count). The number of hydrogen-bond acceptors (Lipinski definition) is 3. The Morgan fingerprint density at radius 1 is 1.47 bits per heavy atom. The predicted octanol–water partition coefficient (Wildman–Crippen LogP) is 0.407. The van der Waals surface area contributed by atoms with Crippen molar-refractivity contribution < 1.29 is 19.2 Å². The first-order valence-electron chi connectivity index (χ1n) is 5.64. The molecule has 1 fully saturated rings. The average molecular weight is 235 g/mol. The lowest BCUT2D eigenvalue weighted by atomic mass is 9.92. The number of rotatable bonds is 0. The molecule has 2 aliphatic heterocycles. The molecule has 0 aromatic carbocycles. The molecular weight excluding hydrogens is 220 g/mol. The zero-order valence-corrected chi connectivity index (χ0v) is 9.88. The fourth-order valence-electron chi connectivity index (χ4n) is 2.51. The van der Waals surface area contributed by atoms with Crippen molar-refractivity contribution in [2.75, 3.05) is 0 Å². The topological polar surface area (TPSA) is 53.7 Å². The van der Waals surface area contributed by atoms with E-state index in [1.807, 2.05) is 29.0 Å². The van der Waals surface area contributed by atoms with Gasteiger partial charge in [0.05, 0.1) is 0 Å². The highest BCUT2D eigenvalue weighted by molar-refractivity contribution is 5.72. The molecule has 3 heterocycles. The zero-order chi connectivity index (χ0) is 12.3. The number of carbonyl (C=O) groups excluding carboxylic acids is 1. The number of aliphatic hydroxyl groups is 1. The third kappa shape index (κ3) is 1.23. The molecule has 0 saturated carbocycles. The van der Waals surface area contributed by atoms with Crippen LogP contribution in [0.5, 0.6) is 0 Å². The van der Waals surface area contributed by atoms with E-state index in [4.69, 9.17) is 4.74 Å². The smallest absolute Gasteiger partial charge is 0.413 e. The summed E-state index contributed by atoms with van der Waals surface area (Å²) in [4.78, 5) is 13.2. The molecule has 2 aliphatic rings. The van der Waals surface area contributed by atoms with Gasteiger partial charge >= 0.3 is 6.09 Å². The van der Waals surface area contributed by atoms with E-state index in [1.54, 1.807) is 13.8 Å². The molecule has 0 spiro atoms. The second kappa shape index (κ2) is 2.98. The van der Waals surface area contributed by atoms with Crippen LogP contribution in [0.15, 0.2) is 24.4 Å². The molecule has 1 atom stereocenters. The van der Waals surface area contributed by atoms with Gasteiger partial charge in [0.2, 0.25) is 11.4 Å². The summed E-state index contributed by atoms with van der Waals surface area (Å²) >= 11 is 0. The Hall–Kier alpha value is -1.62. The molecule has 1 aromatic rings. The molecular formula is C12H15N2O3+. The minimum absolute atomic E-state index is 0.335. The number of ether oxygens (including phenoxy) is 1. The Labute approximate surface area is 99.2 Å². The van der Waals surface area contributed by atoms with Gasteiger partial charge in [-0.05, 0) is 13.8 Å². The first-order chi connectivity index (χ1) is 7.94. The number of fused-ring (bicyclic) bond motifs is 2. The van der Waals surface area contributed by atoms with Crippen LogP contribution in [0, 0.1) is 0 Å². The van der Waals surface area contributed by atoms with Gasteiger partial charge in [-0.3, -0.25) is 4.90 Å². The van der Waals surface area contributed by atoms with Gasteiger partial charge in [0, 0.05) is 12.1 Å². The summed E-state index contributed by atoms with van der Waals surface area (Å²) in [5.41, 5.74) is -1.18. The lowest BCUT2D eigenvalue weighted by molar-refractivity contribution is -0.733. The van der Waals surface area contributed by atoms with E-state index in [0.29, 0.717) is 13.1 Å². The Morgan fingerprint density at radius 2 is 2.24 bits per heavy atom. The lowest BCUT2D eigenvalue weighted by Gasteiger charge is -2.38. The van der Waals surface area contributed by atoms with Crippen molar-refractivity contribution in [1.82, 2.24) is 4.90 Å². The van der Waals surface area contributed by atoms with Crippen LogP contribution in [0.3, 0.4) is 0 Å². The number of amides is 1. The summed E-state index contributed by atoms with van der Waals surface area (Å²) in [6, 6.07) is 5.77. The standard InChI is InChI=1S/C12H15N2O3/c1-11(2)12(16)8-13-6-4-3-5-9(13)7-14(12)10(15)17-11/h3-6,16H,7-8H2,1-2H3/q+1/t12-/m0/s1. The molecule has 0 unspecified atom stereocenters. The predicted molar refractivity (Wildman–Crippen MR) is 57.7 cm³/mol. The second-order valence-corrected chi connectivity index (χ2v) is 5.10. The summed E-state index contributed by atoms with van der Waals surface area (Å²) in [6.45, 7) is 4.18. The summed E-state index contributed by atoms with van der Waals surface area (Å²) in [5, 5.41) is 10.7. The maximum atomic E-state index is 11.8. The number of aromatic nitrogens is 1. The lowest BCUT2D eigenvalue weighted by Crippen LogP contribution is -2.68. The maximum absolute atomic E-state index is 11.8. The summed E-state index contributed by atoms with van der Waals surface area (Å²) < 4.78 is 7.21. The molecule has 1 saturated heterocycles. The number of carbonyl (C=O) groups is 1. The van der Waals surface area contributed by atoms with Crippen molar-refractivity contribution in [1.29, 1.82) is 0 Å². The summed E-state index contributed by atoms with van der Waals surface area (Å²) in [7, 11) is 0. The van der Waals surface area contributed by atoms with Crippen LogP contribution in [-0.2, 0) is 17.8 Å². The van der Waals surface area contributed by atoms with Crippen molar-refractivity contribution in [3.63, 3.8) is 0 Å². The third-order valence-electron chi connectivity index (χ3n) is 3.72. The first kappa shape index (κ1) is 10.5. The van der Waals surface area contributed by atoms with Crippen LogP contribution < -0.4 is 4.57 Å². The Bertz CT molecular complexity index is 500. The van der Waals surface area contributed by atoms with E-state index < -0.39 is 17.4 Å². The molecule has 0 radical (unpaired) electrons. The molecule has 1 amide bonds. The Balaban J connectivity index is 2.11. The average Bonchev–Trinajstić information content (AvgIpc) is 2.43. The quantitative estimate of drug-likeness (QED) is 0.662. The van der Waals surface area contributed by atoms with Crippen LogP contribution in [0.1, 0.15) is 19.5 Å². The normalized spacial score (nSPS) is 29.6. The maximum Gasteiger partial charge on any atom is 0.413 e. The van der Waals surface area contributed by atoms with Crippen molar-refractivity contribution in [2.45, 2.75) is 38.3 Å². The van der Waals surface area contributed by atoms with Gasteiger partial charge in [0.15, 0.2) is 18.3 Å². The number of pyridine rings is 1. The van der Waals surface area contributed by atoms with E-state index in [1.165, 1.54) is 4.90 Å². The van der Waals surface area contributed by atoms with Crippen LogP contribution >= 0.6 is 0 Å². The van der Waals surface area contributed by atoms with Crippen LogP contribution in [0.2, 0.25) is 0 Å². The third-order valence-corrected chi connectivity index (χ3v) is 3.72. The Kier molecular flexibility index (Phi) is 1.85. The zero-order valence-electron chi connectivity index (χ0n) is 9.88. The van der Waals surface area contributed by atoms with Gasteiger partial charge in [0.1, 0.15) is 6.54 Å². The number of cyclic esters (lactones) is 1. The van der Waals surface area contributed by atoms with Crippen molar-refractivity contribution >= 4 is 6.09 Å². The fourth-order valence-corrected chi connectivity index (χ4v) is 2.51. The molecule has 1 N–H and O–H groups in total. The summed E-state index contributed by atoms with van der Waals surface area (Å²) in [5.74, 6) is 0. The summed E-state index contributed by atoms with van der Waals surface area (Å²) in [6.07, 6.45) is 1.45. The molecule has 90 valence electrons. The SMILES string of the molecule is CC1(C)OC(=O)N2Cc3cccc[n+]3C[C@@]21O. The highest BCUT2D eigenvalue weighted by atomic mass is 16.6. The van der Waals surface area contributed by atoms with E-state index in [2.05, 4.69) is 0 Å². The molecule has 17 heavy (non-hydrogen) atoms. The van der Waals surface area contributed by atoms with Gasteiger partial charge in [0.25, 0.3) is 0 Å².